The van der Waals surface area contributed by atoms with Crippen molar-refractivity contribution < 1.29 is 14.4 Å². The van der Waals surface area contributed by atoms with Crippen LogP contribution in [0.3, 0.4) is 0 Å². The van der Waals surface area contributed by atoms with E-state index in [0.717, 1.165) is 5.57 Å². The van der Waals surface area contributed by atoms with Crippen molar-refractivity contribution in [3.63, 3.8) is 0 Å². The highest BCUT2D eigenvalue weighted by atomic mass is 16.2. The molecule has 1 aliphatic carbocycles. The summed E-state index contributed by atoms with van der Waals surface area (Å²) in [6, 6.07) is -0.359. The number of fused-ring (bicyclic) bond motifs is 1. The molecule has 86 valence electrons. The maximum atomic E-state index is 11.6. The number of nitrogens with one attached hydrogen (secondary N) is 2. The van der Waals surface area contributed by atoms with Gasteiger partial charge in [0.05, 0.1) is 17.9 Å². The van der Waals surface area contributed by atoms with Crippen LogP contribution in [0.2, 0.25) is 0 Å². The Kier molecular flexibility index (Phi) is 2.53. The van der Waals surface area contributed by atoms with Crippen LogP contribution in [0.4, 0.5) is 0 Å². The first kappa shape index (κ1) is 10.9. The molecule has 0 aromatic heterocycles. The van der Waals surface area contributed by atoms with Crippen LogP contribution in [0.25, 0.3) is 0 Å². The number of rotatable bonds is 1. The van der Waals surface area contributed by atoms with E-state index in [0.29, 0.717) is 6.42 Å². The van der Waals surface area contributed by atoms with Crippen LogP contribution in [0.15, 0.2) is 11.6 Å². The summed E-state index contributed by atoms with van der Waals surface area (Å²) in [6.45, 7) is 3.31. The van der Waals surface area contributed by atoms with Gasteiger partial charge in [0.15, 0.2) is 0 Å². The fourth-order valence-electron chi connectivity index (χ4n) is 2.47. The molecule has 1 aliphatic heterocycles. The Morgan fingerprint density at radius 3 is 2.75 bits per heavy atom. The molecule has 16 heavy (non-hydrogen) atoms. The summed E-state index contributed by atoms with van der Waals surface area (Å²) in [6.07, 6.45) is 2.46. The fraction of sp³-hybridized carbons (Fsp3) is 0.545. The first-order valence-electron chi connectivity index (χ1n) is 5.28. The summed E-state index contributed by atoms with van der Waals surface area (Å²) in [5.74, 6) is -1.47. The van der Waals surface area contributed by atoms with E-state index in [4.69, 9.17) is 0 Å². The minimum Gasteiger partial charge on any atom is -0.349 e. The van der Waals surface area contributed by atoms with Gasteiger partial charge in [-0.2, -0.15) is 0 Å². The van der Waals surface area contributed by atoms with Crippen LogP contribution in [0.5, 0.6) is 0 Å². The van der Waals surface area contributed by atoms with Crippen molar-refractivity contribution in [3.05, 3.63) is 11.6 Å². The highest BCUT2D eigenvalue weighted by Gasteiger charge is 2.47. The SMILES string of the molecule is CC(=O)N[C@H]1C=C(C)C[C@H]2C(=O)NC(=O)[C@@H]12. The molecule has 5 nitrogen and oxygen atoms in total. The van der Waals surface area contributed by atoms with E-state index in [2.05, 4.69) is 10.6 Å². The molecule has 0 bridgehead atoms. The first-order valence-corrected chi connectivity index (χ1v) is 5.28. The van der Waals surface area contributed by atoms with Crippen molar-refractivity contribution >= 4 is 17.7 Å². The molecule has 0 aromatic rings. The third kappa shape index (κ3) is 1.73. The number of imide groups is 1. The Morgan fingerprint density at radius 2 is 2.12 bits per heavy atom. The van der Waals surface area contributed by atoms with Crippen molar-refractivity contribution in [2.45, 2.75) is 26.3 Å². The summed E-state index contributed by atoms with van der Waals surface area (Å²) in [7, 11) is 0. The van der Waals surface area contributed by atoms with Crippen LogP contribution >= 0.6 is 0 Å². The topological polar surface area (TPSA) is 75.3 Å². The predicted molar refractivity (Wildman–Crippen MR) is 56.1 cm³/mol. The lowest BCUT2D eigenvalue weighted by Gasteiger charge is -2.28. The summed E-state index contributed by atoms with van der Waals surface area (Å²) in [5.41, 5.74) is 1.03. The van der Waals surface area contributed by atoms with Gasteiger partial charge in [-0.1, -0.05) is 11.6 Å². The van der Waals surface area contributed by atoms with Crippen molar-refractivity contribution in [1.82, 2.24) is 10.6 Å². The third-order valence-corrected chi connectivity index (χ3v) is 3.08. The molecule has 3 atom stereocenters. The molecule has 0 saturated carbocycles. The number of allylic oxidation sites excluding steroid dienone is 1. The molecule has 1 saturated heterocycles. The molecule has 2 N–H and O–H groups in total. The van der Waals surface area contributed by atoms with Crippen LogP contribution in [-0.4, -0.2) is 23.8 Å². The number of hydrogen-bond acceptors (Lipinski definition) is 3. The van der Waals surface area contributed by atoms with Gasteiger partial charge < -0.3 is 5.32 Å². The lowest BCUT2D eigenvalue weighted by atomic mass is 9.78. The molecule has 1 fully saturated rings. The van der Waals surface area contributed by atoms with Crippen LogP contribution < -0.4 is 10.6 Å². The van der Waals surface area contributed by atoms with E-state index in [1.165, 1.54) is 6.92 Å². The zero-order valence-electron chi connectivity index (χ0n) is 9.24. The highest BCUT2D eigenvalue weighted by Crippen LogP contribution is 2.33. The van der Waals surface area contributed by atoms with Gasteiger partial charge in [-0.25, -0.2) is 0 Å². The van der Waals surface area contributed by atoms with Gasteiger partial charge in [-0.3, -0.25) is 19.7 Å². The van der Waals surface area contributed by atoms with Gasteiger partial charge in [-0.15, -0.1) is 0 Å². The van der Waals surface area contributed by atoms with E-state index < -0.39 is 5.92 Å². The highest BCUT2D eigenvalue weighted by molar-refractivity contribution is 6.06. The standard InChI is InChI=1S/C11H14N2O3/c1-5-3-7-9(11(16)13-10(7)15)8(4-5)12-6(2)14/h4,7-9H,3H2,1-2H3,(H,12,14)(H,13,15,16)/t7-,8+,9-/m1/s1. The smallest absolute Gasteiger partial charge is 0.232 e. The van der Waals surface area contributed by atoms with Crippen LogP contribution in [0, 0.1) is 11.8 Å². The maximum absolute atomic E-state index is 11.6. The van der Waals surface area contributed by atoms with Crippen molar-refractivity contribution in [2.75, 3.05) is 0 Å². The second kappa shape index (κ2) is 3.73. The molecule has 0 radical (unpaired) electrons. The summed E-state index contributed by atoms with van der Waals surface area (Å²) >= 11 is 0. The number of carbonyl (C=O) groups is 3. The van der Waals surface area contributed by atoms with E-state index in [-0.39, 0.29) is 29.7 Å². The van der Waals surface area contributed by atoms with Crippen molar-refractivity contribution in [2.24, 2.45) is 11.8 Å². The monoisotopic (exact) mass is 222 g/mol. The summed E-state index contributed by atoms with van der Waals surface area (Å²) in [4.78, 5) is 34.2. The van der Waals surface area contributed by atoms with Gasteiger partial charge in [-0.05, 0) is 13.3 Å². The number of carbonyl (C=O) groups excluding carboxylic acids is 3. The van der Waals surface area contributed by atoms with Gasteiger partial charge in [0, 0.05) is 6.92 Å². The van der Waals surface area contributed by atoms with Gasteiger partial charge >= 0.3 is 0 Å². The molecule has 0 unspecified atom stereocenters. The summed E-state index contributed by atoms with van der Waals surface area (Å²) in [5, 5.41) is 5.03. The molecule has 0 aromatic carbocycles. The quantitative estimate of drug-likeness (QED) is 0.473. The molecule has 0 spiro atoms. The molecular formula is C11H14N2O3. The minimum absolute atomic E-state index is 0.193. The van der Waals surface area contributed by atoms with Crippen LogP contribution in [0.1, 0.15) is 20.3 Å². The fourth-order valence-corrected chi connectivity index (χ4v) is 2.47. The van der Waals surface area contributed by atoms with Gasteiger partial charge in [0.25, 0.3) is 0 Å². The number of hydrogen-bond donors (Lipinski definition) is 2. The largest absolute Gasteiger partial charge is 0.349 e. The van der Waals surface area contributed by atoms with Gasteiger partial charge in [0.2, 0.25) is 17.7 Å². The average molecular weight is 222 g/mol. The van der Waals surface area contributed by atoms with E-state index in [1.807, 2.05) is 13.0 Å². The summed E-state index contributed by atoms with van der Waals surface area (Å²) < 4.78 is 0. The average Bonchev–Trinajstić information content (AvgIpc) is 2.40. The lowest BCUT2D eigenvalue weighted by molar-refractivity contribution is -0.126. The van der Waals surface area contributed by atoms with Gasteiger partial charge in [0.1, 0.15) is 0 Å². The zero-order chi connectivity index (χ0) is 11.9. The Balaban J connectivity index is 2.29. The molecule has 2 rings (SSSR count). The van der Waals surface area contributed by atoms with E-state index in [1.54, 1.807) is 0 Å². The number of amides is 3. The Bertz CT molecular complexity index is 400. The van der Waals surface area contributed by atoms with E-state index in [9.17, 15) is 14.4 Å². The predicted octanol–water partition coefficient (Wildman–Crippen LogP) is -0.270. The Morgan fingerprint density at radius 1 is 1.44 bits per heavy atom. The Hall–Kier alpha value is -1.65. The normalized spacial score (nSPS) is 32.9. The maximum Gasteiger partial charge on any atom is 0.232 e. The van der Waals surface area contributed by atoms with Crippen molar-refractivity contribution in [3.8, 4) is 0 Å². The molecular weight excluding hydrogens is 208 g/mol. The van der Waals surface area contributed by atoms with Crippen LogP contribution in [-0.2, 0) is 14.4 Å². The minimum atomic E-state index is -0.444. The molecule has 5 heteroatoms. The molecule has 2 aliphatic rings. The van der Waals surface area contributed by atoms with E-state index >= 15 is 0 Å². The Labute approximate surface area is 93.3 Å². The zero-order valence-corrected chi connectivity index (χ0v) is 9.24. The lowest BCUT2D eigenvalue weighted by Crippen LogP contribution is -2.45. The molecule has 3 amide bonds. The first-order chi connectivity index (χ1) is 7.49. The second-order valence-electron chi connectivity index (χ2n) is 4.43. The second-order valence-corrected chi connectivity index (χ2v) is 4.43. The third-order valence-electron chi connectivity index (χ3n) is 3.08. The van der Waals surface area contributed by atoms with Crippen molar-refractivity contribution in [1.29, 1.82) is 0 Å². The molecule has 1 heterocycles.